The Hall–Kier alpha value is -3.27. The summed E-state index contributed by atoms with van der Waals surface area (Å²) in [5.74, 6) is -0.241. The Kier molecular flexibility index (Phi) is 5.73. The first-order chi connectivity index (χ1) is 14.9. The molecule has 1 unspecified atom stereocenters. The number of H-pyrrole nitrogens is 1. The molecule has 10 heteroatoms. The van der Waals surface area contributed by atoms with Gasteiger partial charge in [-0.25, -0.2) is 0 Å². The number of fused-ring (bicyclic) bond motifs is 1. The molecule has 1 amide bonds. The largest absolute Gasteiger partial charge is 0.354 e. The Morgan fingerprint density at radius 2 is 1.81 bits per heavy atom. The average molecular weight is 443 g/mol. The number of aromatic nitrogens is 2. The van der Waals surface area contributed by atoms with Crippen LogP contribution in [0.25, 0.3) is 11.3 Å². The van der Waals surface area contributed by atoms with E-state index in [-0.39, 0.29) is 18.1 Å². The molecule has 0 bridgehead atoms. The van der Waals surface area contributed by atoms with Crippen LogP contribution >= 0.6 is 11.6 Å². The number of nitro groups is 1. The lowest BCUT2D eigenvalue weighted by Crippen LogP contribution is -2.38. The van der Waals surface area contributed by atoms with E-state index in [2.05, 4.69) is 10.2 Å². The van der Waals surface area contributed by atoms with Gasteiger partial charge in [-0.15, -0.1) is 0 Å². The molecule has 31 heavy (non-hydrogen) atoms. The highest BCUT2D eigenvalue weighted by molar-refractivity contribution is 6.30. The zero-order valence-corrected chi connectivity index (χ0v) is 17.5. The molecule has 1 aliphatic rings. The molecule has 9 nitrogen and oxygen atoms in total. The fraction of sp³-hybridized carbons (Fsp3) is 0.238. The van der Waals surface area contributed by atoms with Crippen LogP contribution in [0.5, 0.6) is 0 Å². The van der Waals surface area contributed by atoms with Crippen molar-refractivity contribution in [1.82, 2.24) is 15.1 Å². The van der Waals surface area contributed by atoms with Gasteiger partial charge in [0.25, 0.3) is 11.6 Å². The molecule has 2 heterocycles. The van der Waals surface area contributed by atoms with Crippen LogP contribution in [0.15, 0.2) is 48.5 Å². The third kappa shape index (κ3) is 3.78. The van der Waals surface area contributed by atoms with Crippen molar-refractivity contribution >= 4 is 23.2 Å². The molecular formula is C21H19ClN4O5. The van der Waals surface area contributed by atoms with Crippen molar-refractivity contribution in [2.75, 3.05) is 20.8 Å². The van der Waals surface area contributed by atoms with E-state index in [9.17, 15) is 14.9 Å². The van der Waals surface area contributed by atoms with Crippen LogP contribution in [0.1, 0.15) is 27.7 Å². The van der Waals surface area contributed by atoms with Crippen LogP contribution < -0.4 is 0 Å². The minimum atomic E-state index is -0.612. The molecule has 4 rings (SSSR count). The first-order valence-corrected chi connectivity index (χ1v) is 9.77. The van der Waals surface area contributed by atoms with E-state index in [4.69, 9.17) is 21.1 Å². The summed E-state index contributed by atoms with van der Waals surface area (Å²) in [6.45, 7) is 0.196. The highest BCUT2D eigenvalue weighted by Crippen LogP contribution is 2.43. The van der Waals surface area contributed by atoms with Crippen molar-refractivity contribution in [2.24, 2.45) is 0 Å². The second kappa shape index (κ2) is 8.46. The molecule has 0 radical (unpaired) electrons. The average Bonchev–Trinajstić information content (AvgIpc) is 3.32. The molecule has 0 aliphatic carbocycles. The Morgan fingerprint density at radius 3 is 2.39 bits per heavy atom. The molecule has 0 saturated heterocycles. The van der Waals surface area contributed by atoms with E-state index >= 15 is 0 Å². The zero-order chi connectivity index (χ0) is 22.1. The quantitative estimate of drug-likeness (QED) is 0.338. The first-order valence-electron chi connectivity index (χ1n) is 9.39. The summed E-state index contributed by atoms with van der Waals surface area (Å²) in [4.78, 5) is 25.4. The van der Waals surface area contributed by atoms with Gasteiger partial charge in [-0.1, -0.05) is 23.7 Å². The number of non-ortho nitro benzene ring substituents is 1. The number of methoxy groups -OCH3 is 2. The van der Waals surface area contributed by atoms with Gasteiger partial charge in [0.15, 0.2) is 6.29 Å². The smallest absolute Gasteiger partial charge is 0.273 e. The molecule has 0 fully saturated rings. The monoisotopic (exact) mass is 442 g/mol. The summed E-state index contributed by atoms with van der Waals surface area (Å²) in [7, 11) is 3.02. The lowest BCUT2D eigenvalue weighted by Gasteiger charge is -2.29. The van der Waals surface area contributed by atoms with Crippen LogP contribution in [0, 0.1) is 10.1 Å². The summed E-state index contributed by atoms with van der Waals surface area (Å²) in [6.07, 6.45) is -0.612. The number of hydrogen-bond donors (Lipinski definition) is 1. The number of benzene rings is 2. The fourth-order valence-electron chi connectivity index (χ4n) is 3.74. The van der Waals surface area contributed by atoms with E-state index in [1.807, 2.05) is 12.1 Å². The van der Waals surface area contributed by atoms with Gasteiger partial charge in [-0.2, -0.15) is 5.10 Å². The molecule has 1 aliphatic heterocycles. The molecule has 0 saturated carbocycles. The molecular weight excluding hydrogens is 424 g/mol. The van der Waals surface area contributed by atoms with Gasteiger partial charge in [0.1, 0.15) is 5.69 Å². The summed E-state index contributed by atoms with van der Waals surface area (Å²) in [5.41, 5.74) is 3.07. The predicted octanol–water partition coefficient (Wildman–Crippen LogP) is 3.80. The third-order valence-electron chi connectivity index (χ3n) is 5.27. The standard InChI is InChI=1S/C21H19ClN4O5/c1-30-16(31-2)11-25-20(13-3-7-14(22)8-4-13)17-18(23-24-19(17)21(25)27)12-5-9-15(10-6-12)26(28)29/h3-10,16,20H,11H2,1-2H3,(H,23,24). The summed E-state index contributed by atoms with van der Waals surface area (Å²) in [6, 6.07) is 12.8. The molecule has 1 N–H and O–H groups in total. The van der Waals surface area contributed by atoms with Gasteiger partial charge >= 0.3 is 0 Å². The fourth-order valence-corrected chi connectivity index (χ4v) is 3.87. The van der Waals surface area contributed by atoms with Gasteiger partial charge in [0, 0.05) is 42.5 Å². The van der Waals surface area contributed by atoms with E-state index in [1.54, 1.807) is 29.2 Å². The van der Waals surface area contributed by atoms with Crippen LogP contribution in [0.4, 0.5) is 5.69 Å². The highest BCUT2D eigenvalue weighted by atomic mass is 35.5. The minimum Gasteiger partial charge on any atom is -0.354 e. The highest BCUT2D eigenvalue weighted by Gasteiger charge is 2.43. The van der Waals surface area contributed by atoms with Crippen molar-refractivity contribution in [3.8, 4) is 11.3 Å². The molecule has 1 aromatic heterocycles. The number of amides is 1. The number of halogens is 1. The van der Waals surface area contributed by atoms with Crippen molar-refractivity contribution in [1.29, 1.82) is 0 Å². The summed E-state index contributed by atoms with van der Waals surface area (Å²) >= 11 is 6.07. The van der Waals surface area contributed by atoms with Crippen LogP contribution in [-0.4, -0.2) is 53.0 Å². The second-order valence-electron chi connectivity index (χ2n) is 6.98. The van der Waals surface area contributed by atoms with Gasteiger partial charge in [-0.05, 0) is 29.8 Å². The van der Waals surface area contributed by atoms with Gasteiger partial charge in [0.2, 0.25) is 0 Å². The first kappa shape index (κ1) is 21.0. The maximum Gasteiger partial charge on any atom is 0.273 e. The van der Waals surface area contributed by atoms with Crippen LogP contribution in [0.2, 0.25) is 5.02 Å². The number of nitro benzene ring substituents is 1. The Labute approximate surface area is 182 Å². The number of aromatic amines is 1. The van der Waals surface area contributed by atoms with Gasteiger partial charge < -0.3 is 14.4 Å². The van der Waals surface area contributed by atoms with Gasteiger partial charge in [0.05, 0.1) is 23.2 Å². The number of nitrogens with zero attached hydrogens (tertiary/aromatic N) is 3. The summed E-state index contributed by atoms with van der Waals surface area (Å²) in [5, 5.41) is 18.8. The predicted molar refractivity (Wildman–Crippen MR) is 113 cm³/mol. The Balaban J connectivity index is 1.82. The Morgan fingerprint density at radius 1 is 1.16 bits per heavy atom. The van der Waals surface area contributed by atoms with Crippen LogP contribution in [-0.2, 0) is 9.47 Å². The second-order valence-corrected chi connectivity index (χ2v) is 7.41. The lowest BCUT2D eigenvalue weighted by molar-refractivity contribution is -0.384. The number of rotatable bonds is 7. The summed E-state index contributed by atoms with van der Waals surface area (Å²) < 4.78 is 10.6. The van der Waals surface area contributed by atoms with E-state index in [0.29, 0.717) is 27.5 Å². The minimum absolute atomic E-state index is 0.0223. The van der Waals surface area contributed by atoms with E-state index in [1.165, 1.54) is 26.4 Å². The molecule has 1 atom stereocenters. The lowest BCUT2D eigenvalue weighted by atomic mass is 9.96. The molecule has 3 aromatic rings. The SMILES string of the molecule is COC(CN1C(=O)c2[nH]nc(-c3ccc([N+](=O)[O-])cc3)c2C1c1ccc(Cl)cc1)OC. The normalized spacial score (nSPS) is 15.5. The zero-order valence-electron chi connectivity index (χ0n) is 16.7. The third-order valence-corrected chi connectivity index (χ3v) is 5.52. The number of carbonyl (C=O) groups excluding carboxylic acids is 1. The maximum atomic E-state index is 13.2. The van der Waals surface area contributed by atoms with Crippen molar-refractivity contribution in [2.45, 2.75) is 12.3 Å². The number of ether oxygens (including phenoxy) is 2. The number of nitrogens with one attached hydrogen (secondary N) is 1. The van der Waals surface area contributed by atoms with Crippen molar-refractivity contribution in [3.05, 3.63) is 80.5 Å². The van der Waals surface area contributed by atoms with Crippen molar-refractivity contribution in [3.63, 3.8) is 0 Å². The molecule has 0 spiro atoms. The van der Waals surface area contributed by atoms with Crippen molar-refractivity contribution < 1.29 is 19.2 Å². The topological polar surface area (TPSA) is 111 Å². The van der Waals surface area contributed by atoms with E-state index < -0.39 is 17.3 Å². The van der Waals surface area contributed by atoms with Gasteiger partial charge in [-0.3, -0.25) is 20.0 Å². The molecule has 2 aromatic carbocycles. The van der Waals surface area contributed by atoms with E-state index in [0.717, 1.165) is 5.56 Å². The molecule has 160 valence electrons. The number of hydrogen-bond acceptors (Lipinski definition) is 6. The Bertz CT molecular complexity index is 1110. The number of carbonyl (C=O) groups is 1. The maximum absolute atomic E-state index is 13.2. The van der Waals surface area contributed by atoms with Crippen LogP contribution in [0.3, 0.4) is 0 Å².